The van der Waals surface area contributed by atoms with E-state index in [2.05, 4.69) is 5.32 Å². The SMILES string of the molecule is CN[C@@H]1CS(=O)(=O)C[C@H]1S(=O)(=O)c1ccc(Cl)c(Cl)c1. The Morgan fingerprint density at radius 1 is 1.20 bits per heavy atom. The van der Waals surface area contributed by atoms with Crippen molar-refractivity contribution in [3.05, 3.63) is 28.2 Å². The van der Waals surface area contributed by atoms with Crippen LogP contribution in [0.4, 0.5) is 0 Å². The van der Waals surface area contributed by atoms with Crippen LogP contribution in [-0.4, -0.2) is 46.7 Å². The summed E-state index contributed by atoms with van der Waals surface area (Å²) in [4.78, 5) is -0.0192. The van der Waals surface area contributed by atoms with Gasteiger partial charge in [0.1, 0.15) is 0 Å². The van der Waals surface area contributed by atoms with Crippen molar-refractivity contribution in [1.82, 2.24) is 5.32 Å². The second-order valence-electron chi connectivity index (χ2n) is 4.63. The maximum Gasteiger partial charge on any atom is 0.183 e. The van der Waals surface area contributed by atoms with Crippen LogP contribution in [0.3, 0.4) is 0 Å². The highest BCUT2D eigenvalue weighted by atomic mass is 35.5. The van der Waals surface area contributed by atoms with Gasteiger partial charge in [-0.15, -0.1) is 0 Å². The predicted molar refractivity (Wildman–Crippen MR) is 78.9 cm³/mol. The van der Waals surface area contributed by atoms with Gasteiger partial charge in [0.15, 0.2) is 19.7 Å². The molecular weight excluding hydrogens is 345 g/mol. The fourth-order valence-electron chi connectivity index (χ4n) is 2.22. The fourth-order valence-corrected chi connectivity index (χ4v) is 7.41. The average Bonchev–Trinajstić information content (AvgIpc) is 2.68. The van der Waals surface area contributed by atoms with Crippen molar-refractivity contribution in [1.29, 1.82) is 0 Å². The third kappa shape index (κ3) is 2.96. The molecule has 1 aromatic rings. The Labute approximate surface area is 128 Å². The van der Waals surface area contributed by atoms with Gasteiger partial charge in [0.2, 0.25) is 0 Å². The van der Waals surface area contributed by atoms with Gasteiger partial charge in [-0.1, -0.05) is 23.2 Å². The molecule has 1 heterocycles. The van der Waals surface area contributed by atoms with E-state index < -0.39 is 31.0 Å². The summed E-state index contributed by atoms with van der Waals surface area (Å²) in [6, 6.07) is 3.34. The molecule has 1 aromatic carbocycles. The fraction of sp³-hybridized carbons (Fsp3) is 0.455. The van der Waals surface area contributed by atoms with Crippen LogP contribution in [0.25, 0.3) is 0 Å². The molecule has 1 aliphatic rings. The molecule has 112 valence electrons. The first kappa shape index (κ1) is 16.0. The molecule has 5 nitrogen and oxygen atoms in total. The Morgan fingerprint density at radius 2 is 1.85 bits per heavy atom. The summed E-state index contributed by atoms with van der Waals surface area (Å²) in [7, 11) is -5.62. The predicted octanol–water partition coefficient (Wildman–Crippen LogP) is 1.15. The molecule has 1 saturated heterocycles. The number of nitrogens with one attached hydrogen (secondary N) is 1. The minimum Gasteiger partial charge on any atom is -0.315 e. The maximum atomic E-state index is 12.5. The molecule has 0 spiro atoms. The van der Waals surface area contributed by atoms with Crippen LogP contribution in [0.15, 0.2) is 23.1 Å². The summed E-state index contributed by atoms with van der Waals surface area (Å²) in [5.41, 5.74) is 0. The zero-order valence-electron chi connectivity index (χ0n) is 10.5. The third-order valence-corrected chi connectivity index (χ3v) is 8.18. The lowest BCUT2D eigenvalue weighted by Gasteiger charge is -2.18. The van der Waals surface area contributed by atoms with Crippen molar-refractivity contribution in [2.45, 2.75) is 16.2 Å². The van der Waals surface area contributed by atoms with Crippen LogP contribution >= 0.6 is 23.2 Å². The quantitative estimate of drug-likeness (QED) is 0.877. The molecule has 0 unspecified atom stereocenters. The van der Waals surface area contributed by atoms with Gasteiger partial charge in [0.25, 0.3) is 0 Å². The Bertz CT molecular complexity index is 731. The van der Waals surface area contributed by atoms with Crippen molar-refractivity contribution >= 4 is 42.9 Å². The molecule has 0 radical (unpaired) electrons. The number of rotatable bonds is 3. The number of benzene rings is 1. The monoisotopic (exact) mass is 357 g/mol. The molecule has 0 bridgehead atoms. The maximum absolute atomic E-state index is 12.5. The Balaban J connectivity index is 2.47. The van der Waals surface area contributed by atoms with E-state index in [0.717, 1.165) is 0 Å². The summed E-state index contributed by atoms with van der Waals surface area (Å²) < 4.78 is 48.4. The highest BCUT2D eigenvalue weighted by molar-refractivity contribution is 7.96. The van der Waals surface area contributed by atoms with Crippen molar-refractivity contribution in [3.63, 3.8) is 0 Å². The molecule has 2 rings (SSSR count). The molecule has 0 saturated carbocycles. The number of halogens is 2. The van der Waals surface area contributed by atoms with Crippen LogP contribution in [0.2, 0.25) is 10.0 Å². The van der Waals surface area contributed by atoms with E-state index in [1.165, 1.54) is 18.2 Å². The van der Waals surface area contributed by atoms with Crippen molar-refractivity contribution in [3.8, 4) is 0 Å². The average molecular weight is 358 g/mol. The Kier molecular flexibility index (Phi) is 4.37. The highest BCUT2D eigenvalue weighted by Gasteiger charge is 2.45. The molecule has 20 heavy (non-hydrogen) atoms. The summed E-state index contributed by atoms with van der Waals surface area (Å²) in [5.74, 6) is -0.574. The second-order valence-corrected chi connectivity index (χ2v) is 9.77. The first-order chi connectivity index (χ1) is 9.17. The van der Waals surface area contributed by atoms with E-state index in [1.807, 2.05) is 0 Å². The first-order valence-corrected chi connectivity index (χ1v) is 9.86. The van der Waals surface area contributed by atoms with Gasteiger partial charge in [0, 0.05) is 6.04 Å². The largest absolute Gasteiger partial charge is 0.315 e. The van der Waals surface area contributed by atoms with Gasteiger partial charge in [0.05, 0.1) is 31.7 Å². The lowest BCUT2D eigenvalue weighted by atomic mass is 10.3. The molecule has 9 heteroatoms. The van der Waals surface area contributed by atoms with Crippen LogP contribution in [0, 0.1) is 0 Å². The number of hydrogen-bond donors (Lipinski definition) is 1. The minimum atomic E-state index is -3.80. The van der Waals surface area contributed by atoms with Gasteiger partial charge in [-0.3, -0.25) is 0 Å². The lowest BCUT2D eigenvalue weighted by molar-refractivity contribution is 0.553. The summed E-state index contributed by atoms with van der Waals surface area (Å²) in [6.45, 7) is 0. The van der Waals surface area contributed by atoms with E-state index in [1.54, 1.807) is 7.05 Å². The minimum absolute atomic E-state index is 0.0192. The van der Waals surface area contributed by atoms with E-state index in [-0.39, 0.29) is 26.4 Å². The van der Waals surface area contributed by atoms with Gasteiger partial charge in [-0.05, 0) is 25.2 Å². The molecule has 0 aromatic heterocycles. The molecular formula is C11H13Cl2NO4S2. The standard InChI is InChI=1S/C11H13Cl2NO4S2/c1-14-10-5-19(15,16)6-11(10)20(17,18)7-2-3-8(12)9(13)4-7/h2-4,10-11,14H,5-6H2,1H3/t10-,11-/m1/s1. The van der Waals surface area contributed by atoms with Crippen molar-refractivity contribution in [2.75, 3.05) is 18.6 Å². The van der Waals surface area contributed by atoms with E-state index in [0.29, 0.717) is 0 Å². The lowest BCUT2D eigenvalue weighted by Crippen LogP contribution is -2.41. The van der Waals surface area contributed by atoms with E-state index in [9.17, 15) is 16.8 Å². The zero-order valence-corrected chi connectivity index (χ0v) is 13.7. The summed E-state index contributed by atoms with van der Waals surface area (Å²) in [6.07, 6.45) is 0. The Morgan fingerprint density at radius 3 is 2.40 bits per heavy atom. The molecule has 0 aliphatic carbocycles. The zero-order chi connectivity index (χ0) is 15.1. The van der Waals surface area contributed by atoms with E-state index >= 15 is 0 Å². The number of hydrogen-bond acceptors (Lipinski definition) is 5. The van der Waals surface area contributed by atoms with Crippen LogP contribution < -0.4 is 5.32 Å². The molecule has 1 fully saturated rings. The van der Waals surface area contributed by atoms with E-state index in [4.69, 9.17) is 23.2 Å². The smallest absolute Gasteiger partial charge is 0.183 e. The van der Waals surface area contributed by atoms with Gasteiger partial charge in [-0.25, -0.2) is 16.8 Å². The molecule has 0 amide bonds. The van der Waals surface area contributed by atoms with Gasteiger partial charge < -0.3 is 5.32 Å². The van der Waals surface area contributed by atoms with Crippen LogP contribution in [0.5, 0.6) is 0 Å². The van der Waals surface area contributed by atoms with Crippen molar-refractivity contribution in [2.24, 2.45) is 0 Å². The highest BCUT2D eigenvalue weighted by Crippen LogP contribution is 2.30. The summed E-state index contributed by atoms with van der Waals surface area (Å²) >= 11 is 11.6. The third-order valence-electron chi connectivity index (χ3n) is 3.29. The van der Waals surface area contributed by atoms with Gasteiger partial charge in [-0.2, -0.15) is 0 Å². The summed E-state index contributed by atoms with van der Waals surface area (Å²) in [5, 5.41) is 2.10. The molecule has 2 atom stereocenters. The second kappa shape index (κ2) is 5.46. The molecule has 1 N–H and O–H groups in total. The first-order valence-electron chi connectivity index (χ1n) is 5.74. The topological polar surface area (TPSA) is 80.3 Å². The molecule has 1 aliphatic heterocycles. The van der Waals surface area contributed by atoms with Crippen LogP contribution in [-0.2, 0) is 19.7 Å². The van der Waals surface area contributed by atoms with Gasteiger partial charge >= 0.3 is 0 Å². The van der Waals surface area contributed by atoms with Crippen molar-refractivity contribution < 1.29 is 16.8 Å². The normalized spacial score (nSPS) is 25.8. The van der Waals surface area contributed by atoms with Crippen LogP contribution in [0.1, 0.15) is 0 Å². The Hall–Kier alpha value is -0.340. The number of sulfone groups is 2.